The second-order valence-corrected chi connectivity index (χ2v) is 5.73. The molecule has 0 fully saturated rings. The Kier molecular flexibility index (Phi) is 4.44. The lowest BCUT2D eigenvalue weighted by atomic mass is 10.1. The minimum absolute atomic E-state index is 0.000755. The Labute approximate surface area is 135 Å². The van der Waals surface area contributed by atoms with E-state index in [2.05, 4.69) is 22.1 Å². The average molecular weight is 305 g/mol. The molecular weight excluding hydrogens is 286 g/mol. The van der Waals surface area contributed by atoms with Crippen molar-refractivity contribution in [1.82, 2.24) is 14.9 Å². The van der Waals surface area contributed by atoms with Crippen LogP contribution in [0, 0.1) is 6.92 Å². The molecule has 116 valence electrons. The monoisotopic (exact) mass is 305 g/mol. The van der Waals surface area contributed by atoms with Crippen LogP contribution in [-0.2, 0) is 6.54 Å². The van der Waals surface area contributed by atoms with Gasteiger partial charge in [0.15, 0.2) is 5.78 Å². The highest BCUT2D eigenvalue weighted by atomic mass is 16.1. The molecule has 0 bridgehead atoms. The van der Waals surface area contributed by atoms with E-state index in [4.69, 9.17) is 0 Å². The van der Waals surface area contributed by atoms with Gasteiger partial charge in [-0.3, -0.25) is 9.69 Å². The zero-order valence-corrected chi connectivity index (χ0v) is 13.4. The van der Waals surface area contributed by atoms with Crippen LogP contribution in [0.15, 0.2) is 54.6 Å². The number of ketones is 1. The van der Waals surface area contributed by atoms with Crippen LogP contribution in [0.3, 0.4) is 0 Å². The van der Waals surface area contributed by atoms with Crippen molar-refractivity contribution in [2.75, 3.05) is 13.6 Å². The van der Waals surface area contributed by atoms with E-state index >= 15 is 0 Å². The minimum Gasteiger partial charge on any atom is -0.295 e. The van der Waals surface area contributed by atoms with E-state index in [9.17, 15) is 4.79 Å². The molecule has 1 heterocycles. The smallest absolute Gasteiger partial charge is 0.196 e. The summed E-state index contributed by atoms with van der Waals surface area (Å²) in [5.74, 6) is -0.000755. The second-order valence-electron chi connectivity index (χ2n) is 5.73. The quantitative estimate of drug-likeness (QED) is 0.679. The molecule has 0 spiro atoms. The largest absolute Gasteiger partial charge is 0.295 e. The van der Waals surface area contributed by atoms with Crippen LogP contribution in [-0.4, -0.2) is 34.2 Å². The molecule has 3 rings (SSSR count). The van der Waals surface area contributed by atoms with Crippen molar-refractivity contribution in [2.24, 2.45) is 0 Å². The molecule has 0 saturated carbocycles. The van der Waals surface area contributed by atoms with Gasteiger partial charge in [0.1, 0.15) is 5.69 Å². The third kappa shape index (κ3) is 3.60. The summed E-state index contributed by atoms with van der Waals surface area (Å²) >= 11 is 0. The molecule has 0 radical (unpaired) electrons. The maximum atomic E-state index is 12.6. The van der Waals surface area contributed by atoms with E-state index in [-0.39, 0.29) is 5.78 Å². The van der Waals surface area contributed by atoms with Gasteiger partial charge in [0.05, 0.1) is 23.3 Å². The first-order valence-corrected chi connectivity index (χ1v) is 7.62. The molecule has 23 heavy (non-hydrogen) atoms. The summed E-state index contributed by atoms with van der Waals surface area (Å²) in [6.45, 7) is 2.89. The molecule has 1 aromatic heterocycles. The van der Waals surface area contributed by atoms with Gasteiger partial charge in [-0.2, -0.15) is 0 Å². The molecule has 0 aliphatic rings. The first kappa shape index (κ1) is 15.3. The summed E-state index contributed by atoms with van der Waals surface area (Å²) < 4.78 is 0. The number of aryl methyl sites for hydroxylation is 1. The maximum Gasteiger partial charge on any atom is 0.196 e. The number of carbonyl (C=O) groups excluding carboxylic acids is 1. The van der Waals surface area contributed by atoms with Crippen LogP contribution in [0.5, 0.6) is 0 Å². The fourth-order valence-electron chi connectivity index (χ4n) is 2.62. The summed E-state index contributed by atoms with van der Waals surface area (Å²) in [5, 5.41) is 0. The molecule has 0 N–H and O–H groups in total. The highest BCUT2D eigenvalue weighted by Gasteiger charge is 2.15. The lowest BCUT2D eigenvalue weighted by Gasteiger charge is -2.16. The normalized spacial score (nSPS) is 11.1. The van der Waals surface area contributed by atoms with Crippen molar-refractivity contribution in [3.8, 4) is 0 Å². The van der Waals surface area contributed by atoms with Gasteiger partial charge >= 0.3 is 0 Å². The Balaban J connectivity index is 1.76. The molecule has 0 atom stereocenters. The summed E-state index contributed by atoms with van der Waals surface area (Å²) in [6, 6.07) is 17.7. The number of likely N-dealkylation sites (N-methyl/N-ethyl adjacent to an activating group) is 1. The van der Waals surface area contributed by atoms with E-state index in [1.807, 2.05) is 61.3 Å². The highest BCUT2D eigenvalue weighted by molar-refractivity contribution is 5.98. The highest BCUT2D eigenvalue weighted by Crippen LogP contribution is 2.13. The summed E-state index contributed by atoms with van der Waals surface area (Å²) in [5.41, 5.74) is 3.90. The molecule has 3 aromatic rings. The van der Waals surface area contributed by atoms with E-state index < -0.39 is 0 Å². The average Bonchev–Trinajstić information content (AvgIpc) is 2.55. The predicted octanol–water partition coefficient (Wildman–Crippen LogP) is 3.25. The van der Waals surface area contributed by atoms with Gasteiger partial charge in [-0.15, -0.1) is 0 Å². The van der Waals surface area contributed by atoms with Crippen LogP contribution >= 0.6 is 0 Å². The van der Waals surface area contributed by atoms with Crippen LogP contribution in [0.4, 0.5) is 0 Å². The lowest BCUT2D eigenvalue weighted by molar-refractivity contribution is 0.0937. The molecule has 0 saturated heterocycles. The Morgan fingerprint density at radius 1 is 0.957 bits per heavy atom. The van der Waals surface area contributed by atoms with Crippen molar-refractivity contribution in [2.45, 2.75) is 13.5 Å². The molecule has 0 amide bonds. The topological polar surface area (TPSA) is 46.1 Å². The minimum atomic E-state index is -0.000755. The lowest BCUT2D eigenvalue weighted by Crippen LogP contribution is -2.27. The third-order valence-corrected chi connectivity index (χ3v) is 3.72. The van der Waals surface area contributed by atoms with E-state index in [1.54, 1.807) is 0 Å². The number of benzene rings is 2. The Morgan fingerprint density at radius 3 is 2.26 bits per heavy atom. The summed E-state index contributed by atoms with van der Waals surface area (Å²) in [7, 11) is 1.94. The molecule has 4 nitrogen and oxygen atoms in total. The fraction of sp³-hybridized carbons (Fsp3) is 0.211. The number of para-hydroxylation sites is 2. The number of aromatic nitrogens is 2. The number of carbonyl (C=O) groups is 1. The number of nitrogens with zero attached hydrogens (tertiary/aromatic N) is 3. The Hall–Kier alpha value is -2.59. The van der Waals surface area contributed by atoms with Crippen molar-refractivity contribution >= 4 is 16.8 Å². The number of fused-ring (bicyclic) bond motifs is 1. The Morgan fingerprint density at radius 2 is 1.57 bits per heavy atom. The Bertz CT molecular complexity index is 830. The van der Waals surface area contributed by atoms with Crippen LogP contribution in [0.25, 0.3) is 11.0 Å². The maximum absolute atomic E-state index is 12.6. The third-order valence-electron chi connectivity index (χ3n) is 3.72. The molecule has 4 heteroatoms. The zero-order valence-electron chi connectivity index (χ0n) is 13.4. The predicted molar refractivity (Wildman–Crippen MR) is 91.4 cm³/mol. The first-order chi connectivity index (χ1) is 11.1. The molecule has 0 aliphatic carbocycles. The number of hydrogen-bond donors (Lipinski definition) is 0. The number of hydrogen-bond acceptors (Lipinski definition) is 4. The van der Waals surface area contributed by atoms with Crippen molar-refractivity contribution in [1.29, 1.82) is 0 Å². The standard InChI is InChI=1S/C19H19N3O/c1-14-19(21-17-11-7-6-10-16(17)20-14)18(23)13-22(2)12-15-8-4-3-5-9-15/h3-11H,12-13H2,1-2H3. The van der Waals surface area contributed by atoms with E-state index in [1.165, 1.54) is 5.56 Å². The van der Waals surface area contributed by atoms with Gasteiger partial charge in [0, 0.05) is 6.54 Å². The van der Waals surface area contributed by atoms with Crippen molar-refractivity contribution in [3.63, 3.8) is 0 Å². The van der Waals surface area contributed by atoms with Crippen LogP contribution < -0.4 is 0 Å². The van der Waals surface area contributed by atoms with Crippen LogP contribution in [0.1, 0.15) is 21.7 Å². The molecular formula is C19H19N3O. The second kappa shape index (κ2) is 6.67. The number of rotatable bonds is 5. The van der Waals surface area contributed by atoms with Gasteiger partial charge in [-0.25, -0.2) is 9.97 Å². The summed E-state index contributed by atoms with van der Waals surface area (Å²) in [4.78, 5) is 23.5. The van der Waals surface area contributed by atoms with E-state index in [0.29, 0.717) is 17.9 Å². The van der Waals surface area contributed by atoms with Crippen molar-refractivity contribution < 1.29 is 4.79 Å². The molecule has 0 unspecified atom stereocenters. The molecule has 2 aromatic carbocycles. The SMILES string of the molecule is Cc1nc2ccccc2nc1C(=O)CN(C)Cc1ccccc1. The van der Waals surface area contributed by atoms with Gasteiger partial charge in [0.25, 0.3) is 0 Å². The van der Waals surface area contributed by atoms with Crippen molar-refractivity contribution in [3.05, 3.63) is 71.5 Å². The first-order valence-electron chi connectivity index (χ1n) is 7.62. The zero-order chi connectivity index (χ0) is 16.2. The molecule has 0 aliphatic heterocycles. The van der Waals surface area contributed by atoms with Gasteiger partial charge in [-0.05, 0) is 31.7 Å². The fourth-order valence-corrected chi connectivity index (χ4v) is 2.62. The van der Waals surface area contributed by atoms with Gasteiger partial charge in [0.2, 0.25) is 0 Å². The summed E-state index contributed by atoms with van der Waals surface area (Å²) in [6.07, 6.45) is 0. The van der Waals surface area contributed by atoms with Gasteiger partial charge < -0.3 is 0 Å². The van der Waals surface area contributed by atoms with E-state index in [0.717, 1.165) is 17.6 Å². The van der Waals surface area contributed by atoms with Crippen LogP contribution in [0.2, 0.25) is 0 Å². The van der Waals surface area contributed by atoms with Gasteiger partial charge in [-0.1, -0.05) is 42.5 Å². The number of Topliss-reactive ketones (excluding diaryl/α,β-unsaturated/α-hetero) is 1.